The average Bonchev–Trinajstić information content (AvgIpc) is 3.89. The van der Waals surface area contributed by atoms with Crippen LogP contribution in [0.1, 0.15) is 54.9 Å². The van der Waals surface area contributed by atoms with Crippen LogP contribution in [0.15, 0.2) is 83.6 Å². The van der Waals surface area contributed by atoms with Gasteiger partial charge in [-0.2, -0.15) is 0 Å². The topological polar surface area (TPSA) is 117 Å². The van der Waals surface area contributed by atoms with Crippen molar-refractivity contribution in [1.82, 2.24) is 9.13 Å². The minimum Gasteiger partial charge on any atom is -0.477 e. The second-order valence-corrected chi connectivity index (χ2v) is 14.1. The van der Waals surface area contributed by atoms with Crippen molar-refractivity contribution in [3.8, 4) is 0 Å². The quantitative estimate of drug-likeness (QED) is 0.0858. The van der Waals surface area contributed by atoms with Crippen LogP contribution in [0.3, 0.4) is 0 Å². The smallest absolute Gasteiger partial charge is 0.355 e. The number of benzene rings is 4. The molecule has 0 fully saturated rings. The van der Waals surface area contributed by atoms with E-state index in [9.17, 15) is 37.1 Å². The Morgan fingerprint density at radius 1 is 0.722 bits per heavy atom. The molecule has 0 atom stereocenters. The van der Waals surface area contributed by atoms with Gasteiger partial charge < -0.3 is 24.7 Å². The number of rotatable bonds is 9. The van der Waals surface area contributed by atoms with Crippen molar-refractivity contribution in [3.05, 3.63) is 140 Å². The number of ether oxygens (including phenoxy) is 1. The van der Waals surface area contributed by atoms with Gasteiger partial charge in [0.25, 0.3) is 0 Å². The number of hydrogen-bond donors (Lipinski definition) is 2. The molecule has 4 aromatic carbocycles. The predicted octanol–water partition coefficient (Wildman–Crippen LogP) is 9.51. The summed E-state index contributed by atoms with van der Waals surface area (Å²) >= 11 is 2.93. The lowest BCUT2D eigenvalue weighted by Gasteiger charge is -2.10. The Labute approximate surface area is 312 Å². The predicted molar refractivity (Wildman–Crippen MR) is 202 cm³/mol. The van der Waals surface area contributed by atoms with E-state index in [1.54, 1.807) is 34.3 Å². The van der Waals surface area contributed by atoms with E-state index in [4.69, 9.17) is 10.5 Å². The molecular formula is C40H29F4N3O5S2. The third-order valence-corrected chi connectivity index (χ3v) is 11.1. The van der Waals surface area contributed by atoms with Gasteiger partial charge in [0, 0.05) is 67.2 Å². The first-order valence-corrected chi connectivity index (χ1v) is 18.3. The highest BCUT2D eigenvalue weighted by atomic mass is 32.1. The number of hydrogen-bond acceptors (Lipinski definition) is 7. The summed E-state index contributed by atoms with van der Waals surface area (Å²) in [6.45, 7) is 2.23. The molecule has 274 valence electrons. The van der Waals surface area contributed by atoms with E-state index in [2.05, 4.69) is 0 Å². The van der Waals surface area contributed by atoms with Crippen molar-refractivity contribution in [2.75, 3.05) is 6.61 Å². The number of thiophene rings is 2. The molecule has 0 aliphatic heterocycles. The van der Waals surface area contributed by atoms with E-state index >= 15 is 0 Å². The Morgan fingerprint density at radius 3 is 1.67 bits per heavy atom. The molecule has 0 saturated heterocycles. The molecule has 0 bridgehead atoms. The molecule has 0 spiro atoms. The molecule has 54 heavy (non-hydrogen) atoms. The molecule has 4 aromatic heterocycles. The zero-order valence-electron chi connectivity index (χ0n) is 28.4. The Kier molecular flexibility index (Phi) is 10.1. The molecule has 0 aliphatic rings. The lowest BCUT2D eigenvalue weighted by Crippen LogP contribution is -2.14. The molecule has 3 N–H and O–H groups in total. The molecular weight excluding hydrogens is 743 g/mol. The van der Waals surface area contributed by atoms with Crippen LogP contribution in [0, 0.1) is 23.3 Å². The molecule has 0 aliphatic carbocycles. The fourth-order valence-electron chi connectivity index (χ4n) is 6.76. The van der Waals surface area contributed by atoms with E-state index in [1.165, 1.54) is 77.3 Å². The van der Waals surface area contributed by atoms with Crippen LogP contribution in [-0.4, -0.2) is 39.1 Å². The first-order chi connectivity index (χ1) is 26.0. The molecule has 0 radical (unpaired) electrons. The van der Waals surface area contributed by atoms with Crippen LogP contribution in [0.5, 0.6) is 0 Å². The van der Waals surface area contributed by atoms with E-state index in [0.29, 0.717) is 33.7 Å². The fraction of sp³-hybridized carbons (Fsp3) is 0.125. The number of carbonyl (C=O) groups excluding carboxylic acids is 2. The maximum Gasteiger partial charge on any atom is 0.355 e. The van der Waals surface area contributed by atoms with Gasteiger partial charge >= 0.3 is 11.9 Å². The Morgan fingerprint density at radius 2 is 1.19 bits per heavy atom. The Hall–Kier alpha value is -5.83. The summed E-state index contributed by atoms with van der Waals surface area (Å²) < 4.78 is 65.0. The number of aromatic nitrogens is 2. The standard InChI is InChI=1S/C21H15F2NO3S.C19H14F2N2O2S/c1-2-27-21(26)20-17(10-25)16-8-13(22)3-5-18(16)24(20)9-12-11-28-19-6-4-14(23)7-15(12)19;20-11-1-3-16-14(6-11)15(7-22)18(19(24)25)23(16)8-10-9-26-17-4-2-12(21)5-13(10)17/h3-8,10-11H,2,9H2,1H3;1-6,9H,7-8,22H2,(H,24,25). The molecule has 8 nitrogen and oxygen atoms in total. The lowest BCUT2D eigenvalue weighted by atomic mass is 10.1. The van der Waals surface area contributed by atoms with Gasteiger partial charge in [-0.1, -0.05) is 0 Å². The van der Waals surface area contributed by atoms with Crippen LogP contribution in [0.2, 0.25) is 0 Å². The maximum atomic E-state index is 13.8. The van der Waals surface area contributed by atoms with Crippen LogP contribution >= 0.6 is 22.7 Å². The number of carboxylic acid groups (broad SMARTS) is 1. The van der Waals surface area contributed by atoms with Gasteiger partial charge in [-0.25, -0.2) is 27.2 Å². The number of esters is 1. The normalized spacial score (nSPS) is 11.4. The van der Waals surface area contributed by atoms with E-state index in [-0.39, 0.29) is 54.8 Å². The summed E-state index contributed by atoms with van der Waals surface area (Å²) in [7, 11) is 0. The van der Waals surface area contributed by atoms with E-state index in [1.807, 2.05) is 10.8 Å². The van der Waals surface area contributed by atoms with Gasteiger partial charge in [0.05, 0.1) is 12.2 Å². The number of halogens is 4. The van der Waals surface area contributed by atoms with Crippen molar-refractivity contribution in [1.29, 1.82) is 0 Å². The van der Waals surface area contributed by atoms with Crippen molar-refractivity contribution in [2.45, 2.75) is 26.6 Å². The highest BCUT2D eigenvalue weighted by Gasteiger charge is 2.25. The minimum absolute atomic E-state index is 0.0202. The lowest BCUT2D eigenvalue weighted by molar-refractivity contribution is 0.0512. The summed E-state index contributed by atoms with van der Waals surface area (Å²) in [6, 6.07) is 17.2. The van der Waals surface area contributed by atoms with Crippen molar-refractivity contribution >= 4 is 82.9 Å². The third kappa shape index (κ3) is 6.63. The maximum absolute atomic E-state index is 13.8. The van der Waals surface area contributed by atoms with Gasteiger partial charge in [0.1, 0.15) is 34.7 Å². The first-order valence-electron chi connectivity index (χ1n) is 16.5. The number of nitrogens with two attached hydrogens (primary N) is 1. The molecule has 14 heteroatoms. The first kappa shape index (κ1) is 36.5. The highest BCUT2D eigenvalue weighted by Crippen LogP contribution is 2.34. The third-order valence-electron chi connectivity index (χ3n) is 9.08. The molecule has 0 saturated carbocycles. The average molecular weight is 772 g/mol. The van der Waals surface area contributed by atoms with Crippen LogP contribution in [0.25, 0.3) is 42.0 Å². The van der Waals surface area contributed by atoms with Gasteiger partial charge in [-0.15, -0.1) is 22.7 Å². The van der Waals surface area contributed by atoms with Gasteiger partial charge in [0.15, 0.2) is 6.29 Å². The largest absolute Gasteiger partial charge is 0.477 e. The molecule has 8 aromatic rings. The van der Waals surface area contributed by atoms with Gasteiger partial charge in [-0.05, 0) is 102 Å². The molecule has 0 amide bonds. The summed E-state index contributed by atoms with van der Waals surface area (Å²) in [5.41, 5.74) is 9.03. The molecule has 0 unspecified atom stereocenters. The van der Waals surface area contributed by atoms with Gasteiger partial charge in [-0.3, -0.25) is 4.79 Å². The summed E-state index contributed by atoms with van der Waals surface area (Å²) in [4.78, 5) is 36.2. The number of nitrogens with zero attached hydrogens (tertiary/aromatic N) is 2. The number of carbonyl (C=O) groups is 3. The minimum atomic E-state index is -1.13. The number of aromatic carboxylic acids is 1. The summed E-state index contributed by atoms with van der Waals surface area (Å²) in [5.74, 6) is -3.46. The molecule has 4 heterocycles. The van der Waals surface area contributed by atoms with Crippen LogP contribution in [0.4, 0.5) is 17.6 Å². The second kappa shape index (κ2) is 14.9. The summed E-state index contributed by atoms with van der Waals surface area (Å²) in [5, 5.41) is 15.8. The van der Waals surface area contributed by atoms with E-state index in [0.717, 1.165) is 31.3 Å². The second-order valence-electron chi connectivity index (χ2n) is 12.2. The highest BCUT2D eigenvalue weighted by molar-refractivity contribution is 7.17. The van der Waals surface area contributed by atoms with Gasteiger partial charge in [0.2, 0.25) is 0 Å². The van der Waals surface area contributed by atoms with Crippen LogP contribution in [-0.2, 0) is 24.4 Å². The van der Waals surface area contributed by atoms with Crippen molar-refractivity contribution < 1.29 is 41.8 Å². The summed E-state index contributed by atoms with van der Waals surface area (Å²) in [6.07, 6.45) is 0.538. The van der Waals surface area contributed by atoms with Crippen molar-refractivity contribution in [3.63, 3.8) is 0 Å². The number of carboxylic acids is 1. The Bertz CT molecular complexity index is 2770. The van der Waals surface area contributed by atoms with Crippen LogP contribution < -0.4 is 5.73 Å². The molecule has 8 rings (SSSR count). The van der Waals surface area contributed by atoms with Crippen molar-refractivity contribution in [2.24, 2.45) is 5.73 Å². The number of fused-ring (bicyclic) bond motifs is 4. The number of aldehydes is 1. The Balaban J connectivity index is 0.000000167. The SMILES string of the molecule is CCOC(=O)c1c(C=O)c2cc(F)ccc2n1Cc1csc2ccc(F)cc12.NCc1c(C(=O)O)n(Cc2csc3ccc(F)cc23)c2ccc(F)cc12. The zero-order valence-corrected chi connectivity index (χ0v) is 30.0. The fourth-order valence-corrected chi connectivity index (χ4v) is 8.63. The zero-order chi connectivity index (χ0) is 38.3. The monoisotopic (exact) mass is 771 g/mol. The van der Waals surface area contributed by atoms with E-state index < -0.39 is 23.6 Å².